The Morgan fingerprint density at radius 1 is 1.09 bits per heavy atom. The molecule has 0 spiro atoms. The lowest BCUT2D eigenvalue weighted by atomic mass is 9.94. The Morgan fingerprint density at radius 3 is 2.61 bits per heavy atom. The summed E-state index contributed by atoms with van der Waals surface area (Å²) in [5.74, 6) is -0.244. The second-order valence-electron chi connectivity index (χ2n) is 11.3. The predicted octanol–water partition coefficient (Wildman–Crippen LogP) is 6.99. The number of aryl methyl sites for hydroxylation is 2. The zero-order valence-corrected chi connectivity index (χ0v) is 26.5. The van der Waals surface area contributed by atoms with Crippen LogP contribution in [0.2, 0.25) is 0 Å². The van der Waals surface area contributed by atoms with Crippen molar-refractivity contribution in [2.75, 3.05) is 26.0 Å². The summed E-state index contributed by atoms with van der Waals surface area (Å²) in [7, 11) is 4.09. The van der Waals surface area contributed by atoms with E-state index < -0.39 is 0 Å². The molecule has 3 N–H and O–H groups in total. The summed E-state index contributed by atoms with van der Waals surface area (Å²) in [5, 5.41) is 12.6. The number of nitrogens with one attached hydrogen (secondary N) is 3. The van der Waals surface area contributed by atoms with E-state index in [4.69, 9.17) is 0 Å². The second kappa shape index (κ2) is 14.6. The number of aromatic amines is 2. The van der Waals surface area contributed by atoms with Gasteiger partial charge in [0.2, 0.25) is 0 Å². The highest BCUT2D eigenvalue weighted by Gasteiger charge is 2.16. The molecule has 4 rings (SSSR count). The fraction of sp³-hybridized carbons (Fsp3) is 0.243. The predicted molar refractivity (Wildman–Crippen MR) is 184 cm³/mol. The first-order valence-electron chi connectivity index (χ1n) is 14.9. The molecule has 3 aromatic heterocycles. The SMILES string of the molecule is C=C/C=C(/c1cc(F)cc(CCCN(C)C)c1)c1cc(-c2n[nH]/c(=C/C=C(\C)c3cncc(NC(=C)CC)c3)c2=C)[nH]c1C. The molecular formula is C37H43FN6. The minimum Gasteiger partial charge on any atom is -0.358 e. The minimum atomic E-state index is -0.244. The third kappa shape index (κ3) is 7.99. The Balaban J connectivity index is 1.63. The van der Waals surface area contributed by atoms with Crippen LogP contribution < -0.4 is 15.9 Å². The van der Waals surface area contributed by atoms with Gasteiger partial charge in [-0.1, -0.05) is 51.0 Å². The molecule has 0 amide bonds. The van der Waals surface area contributed by atoms with Crippen molar-refractivity contribution in [1.82, 2.24) is 25.1 Å². The van der Waals surface area contributed by atoms with Crippen LogP contribution in [0.4, 0.5) is 10.1 Å². The van der Waals surface area contributed by atoms with Gasteiger partial charge < -0.3 is 15.2 Å². The van der Waals surface area contributed by atoms with Crippen LogP contribution in [0.1, 0.15) is 54.6 Å². The molecule has 44 heavy (non-hydrogen) atoms. The second-order valence-corrected chi connectivity index (χ2v) is 11.3. The van der Waals surface area contributed by atoms with E-state index in [9.17, 15) is 4.39 Å². The summed E-state index contributed by atoms with van der Waals surface area (Å²) in [6.45, 7) is 19.3. The van der Waals surface area contributed by atoms with Crippen LogP contribution in [-0.2, 0) is 6.42 Å². The van der Waals surface area contributed by atoms with Crippen LogP contribution in [0.15, 0.2) is 79.8 Å². The molecule has 0 aliphatic carbocycles. The minimum absolute atomic E-state index is 0.244. The van der Waals surface area contributed by atoms with Gasteiger partial charge in [-0.25, -0.2) is 4.39 Å². The Kier molecular flexibility index (Phi) is 10.7. The van der Waals surface area contributed by atoms with Gasteiger partial charge in [0.25, 0.3) is 0 Å². The Morgan fingerprint density at radius 2 is 1.89 bits per heavy atom. The molecule has 0 unspecified atom stereocenters. The number of anilines is 1. The van der Waals surface area contributed by atoms with Crippen LogP contribution in [0.25, 0.3) is 35.2 Å². The van der Waals surface area contributed by atoms with Gasteiger partial charge in [0.05, 0.1) is 22.9 Å². The highest BCUT2D eigenvalue weighted by Crippen LogP contribution is 2.31. The van der Waals surface area contributed by atoms with Crippen molar-refractivity contribution in [1.29, 1.82) is 0 Å². The molecule has 0 saturated heterocycles. The average Bonchev–Trinajstić information content (AvgIpc) is 3.55. The summed E-state index contributed by atoms with van der Waals surface area (Å²) in [6, 6.07) is 9.39. The van der Waals surface area contributed by atoms with Crippen LogP contribution in [0.5, 0.6) is 0 Å². The number of H-pyrrole nitrogens is 2. The van der Waals surface area contributed by atoms with Crippen molar-refractivity contribution in [2.45, 2.75) is 40.0 Å². The highest BCUT2D eigenvalue weighted by molar-refractivity contribution is 5.84. The normalized spacial score (nSPS) is 12.7. The lowest BCUT2D eigenvalue weighted by Gasteiger charge is -2.12. The molecule has 7 heteroatoms. The Hall–Kier alpha value is -4.75. The van der Waals surface area contributed by atoms with Crippen LogP contribution >= 0.6 is 0 Å². The summed E-state index contributed by atoms with van der Waals surface area (Å²) >= 11 is 0. The summed E-state index contributed by atoms with van der Waals surface area (Å²) < 4.78 is 14.8. The van der Waals surface area contributed by atoms with Gasteiger partial charge in [-0.05, 0) is 112 Å². The lowest BCUT2D eigenvalue weighted by Crippen LogP contribution is -2.21. The molecule has 3 heterocycles. The first-order valence-corrected chi connectivity index (χ1v) is 14.9. The maximum absolute atomic E-state index is 14.8. The highest BCUT2D eigenvalue weighted by atomic mass is 19.1. The van der Waals surface area contributed by atoms with Crippen molar-refractivity contribution < 1.29 is 4.39 Å². The molecule has 0 radical (unpaired) electrons. The van der Waals surface area contributed by atoms with Gasteiger partial charge in [0.15, 0.2) is 0 Å². The smallest absolute Gasteiger partial charge is 0.124 e. The number of pyridine rings is 1. The van der Waals surface area contributed by atoms with Crippen LogP contribution in [0.3, 0.4) is 0 Å². The number of allylic oxidation sites excluding steroid dienone is 5. The van der Waals surface area contributed by atoms with Gasteiger partial charge in [0.1, 0.15) is 11.5 Å². The summed E-state index contributed by atoms with van der Waals surface area (Å²) in [5.41, 5.74) is 10.1. The Labute approximate surface area is 260 Å². The standard InChI is InChI=1S/C37H43FN6/c1-9-12-33(29-17-28(18-31(38)19-29)13-11-16-44(7)8)34-21-36(41-27(34)6)37-26(5)35(42-43-37)15-14-24(3)30-20-32(23-39-22-30)40-25(4)10-2/h9,12,14-15,17-23,40-42H,1,4-5,10-11,13,16H2,2-3,6-8H3/b24-14+,33-12-,35-15+. The quantitative estimate of drug-likeness (QED) is 0.147. The van der Waals surface area contributed by atoms with E-state index in [1.165, 1.54) is 0 Å². The van der Waals surface area contributed by atoms with E-state index in [1.54, 1.807) is 24.4 Å². The van der Waals surface area contributed by atoms with Gasteiger partial charge in [-0.3, -0.25) is 10.1 Å². The molecule has 0 bridgehead atoms. The molecular weight excluding hydrogens is 547 g/mol. The fourth-order valence-corrected chi connectivity index (χ4v) is 5.03. The van der Waals surface area contributed by atoms with E-state index in [0.717, 1.165) is 98.2 Å². The molecule has 0 fully saturated rings. The molecule has 0 aliphatic heterocycles. The molecule has 6 nitrogen and oxygen atoms in total. The number of nitrogens with zero attached hydrogens (tertiary/aromatic N) is 3. The number of hydrogen-bond donors (Lipinski definition) is 3. The number of hydrogen-bond acceptors (Lipinski definition) is 4. The third-order valence-corrected chi connectivity index (χ3v) is 7.52. The van der Waals surface area contributed by atoms with E-state index in [1.807, 2.05) is 58.4 Å². The maximum Gasteiger partial charge on any atom is 0.124 e. The molecule has 0 atom stereocenters. The lowest BCUT2D eigenvalue weighted by molar-refractivity contribution is 0.400. The monoisotopic (exact) mass is 590 g/mol. The van der Waals surface area contributed by atoms with Gasteiger partial charge in [-0.2, -0.15) is 5.10 Å². The topological polar surface area (TPSA) is 72.6 Å². The number of aromatic nitrogens is 4. The molecule has 1 aromatic carbocycles. The van der Waals surface area contributed by atoms with Crippen molar-refractivity contribution in [3.05, 3.63) is 124 Å². The number of benzene rings is 1. The summed E-state index contributed by atoms with van der Waals surface area (Å²) in [6.07, 6.45) is 13.9. The molecule has 228 valence electrons. The third-order valence-electron chi connectivity index (χ3n) is 7.52. The molecule has 0 saturated carbocycles. The number of halogens is 1. The van der Waals surface area contributed by atoms with Crippen LogP contribution in [-0.4, -0.2) is 45.7 Å². The fourth-order valence-electron chi connectivity index (χ4n) is 5.03. The zero-order valence-electron chi connectivity index (χ0n) is 26.5. The van der Waals surface area contributed by atoms with Gasteiger partial charge in [-0.15, -0.1) is 0 Å². The van der Waals surface area contributed by atoms with Crippen LogP contribution in [0, 0.1) is 12.7 Å². The largest absolute Gasteiger partial charge is 0.358 e. The first kappa shape index (κ1) is 32.2. The van der Waals surface area contributed by atoms with E-state index in [-0.39, 0.29) is 5.82 Å². The van der Waals surface area contributed by atoms with Crippen molar-refractivity contribution in [3.63, 3.8) is 0 Å². The van der Waals surface area contributed by atoms with E-state index in [2.05, 4.69) is 69.2 Å². The zero-order chi connectivity index (χ0) is 31.8. The molecule has 0 aliphatic rings. The first-order chi connectivity index (χ1) is 21.1. The van der Waals surface area contributed by atoms with Crippen molar-refractivity contribution in [3.8, 4) is 11.4 Å². The average molecular weight is 591 g/mol. The van der Waals surface area contributed by atoms with Crippen molar-refractivity contribution >= 4 is 29.5 Å². The van der Waals surface area contributed by atoms with E-state index >= 15 is 0 Å². The van der Waals surface area contributed by atoms with E-state index in [0.29, 0.717) is 0 Å². The number of rotatable bonds is 13. The van der Waals surface area contributed by atoms with Gasteiger partial charge in [0, 0.05) is 28.4 Å². The van der Waals surface area contributed by atoms with Crippen molar-refractivity contribution in [2.24, 2.45) is 0 Å². The Bertz CT molecular complexity index is 1820. The maximum atomic E-state index is 14.8. The summed E-state index contributed by atoms with van der Waals surface area (Å²) in [4.78, 5) is 9.98. The molecule has 4 aromatic rings. The van der Waals surface area contributed by atoms with Gasteiger partial charge >= 0.3 is 0 Å².